The Kier molecular flexibility index (Phi) is 8.59. The highest BCUT2D eigenvalue weighted by molar-refractivity contribution is 7.86. The van der Waals surface area contributed by atoms with E-state index in [1.165, 1.54) is 0 Å². The number of hydrogen-bond donors (Lipinski definition) is 0. The van der Waals surface area contributed by atoms with Crippen molar-refractivity contribution >= 4 is 40.5 Å². The van der Waals surface area contributed by atoms with Gasteiger partial charge in [0.1, 0.15) is 18.3 Å². The Morgan fingerprint density at radius 1 is 0.655 bits per heavy atom. The van der Waals surface area contributed by atoms with Crippen LogP contribution in [0.2, 0.25) is 0 Å². The van der Waals surface area contributed by atoms with Crippen LogP contribution in [0.1, 0.15) is 0 Å². The molecular weight excluding hydrogens is 484 g/mol. The normalized spacial score (nSPS) is 29.6. The van der Waals surface area contributed by atoms with E-state index in [0.29, 0.717) is 25.0 Å². The van der Waals surface area contributed by atoms with Crippen molar-refractivity contribution < 1.29 is 59.9 Å². The molecule has 0 aliphatic carbocycles. The summed E-state index contributed by atoms with van der Waals surface area (Å²) in [6.07, 6.45) is -6.25. The SMILES string of the molecule is CO[C@@H]1O[C@H](COS(C)(=O)=O)[C@@H](OS(C)(=O)=O)[C@H](OS(C)(=O)=O)[C@H]1OS(C)(=O)=O. The van der Waals surface area contributed by atoms with Gasteiger partial charge in [0.05, 0.1) is 31.6 Å². The average molecular weight is 507 g/mol. The third-order valence-corrected chi connectivity index (χ3v) is 5.41. The van der Waals surface area contributed by atoms with E-state index in [2.05, 4.69) is 4.18 Å². The first-order valence-corrected chi connectivity index (χ1v) is 14.8. The van der Waals surface area contributed by atoms with Crippen LogP contribution in [-0.2, 0) is 66.7 Å². The molecule has 1 fully saturated rings. The molecule has 1 rings (SSSR count). The summed E-state index contributed by atoms with van der Waals surface area (Å²) < 4.78 is 122. The van der Waals surface area contributed by atoms with E-state index in [9.17, 15) is 33.7 Å². The van der Waals surface area contributed by atoms with E-state index in [1.54, 1.807) is 0 Å². The van der Waals surface area contributed by atoms with Gasteiger partial charge in [-0.2, -0.15) is 33.7 Å². The Labute approximate surface area is 169 Å². The van der Waals surface area contributed by atoms with Gasteiger partial charge in [0.2, 0.25) is 0 Å². The zero-order chi connectivity index (χ0) is 22.8. The molecule has 1 aliphatic rings. The first kappa shape index (κ1) is 26.6. The lowest BCUT2D eigenvalue weighted by molar-refractivity contribution is -0.276. The van der Waals surface area contributed by atoms with Crippen molar-refractivity contribution in [1.82, 2.24) is 0 Å². The van der Waals surface area contributed by atoms with Crippen molar-refractivity contribution in [3.8, 4) is 0 Å². The van der Waals surface area contributed by atoms with Gasteiger partial charge in [-0.15, -0.1) is 0 Å². The summed E-state index contributed by atoms with van der Waals surface area (Å²) >= 11 is 0. The Balaban J connectivity index is 3.49. The van der Waals surface area contributed by atoms with Crippen molar-refractivity contribution in [1.29, 1.82) is 0 Å². The molecule has 18 heteroatoms. The molecule has 5 atom stereocenters. The summed E-state index contributed by atoms with van der Waals surface area (Å²) in [5, 5.41) is 0. The van der Waals surface area contributed by atoms with Gasteiger partial charge in [-0.25, -0.2) is 0 Å². The maximum Gasteiger partial charge on any atom is 0.264 e. The highest BCUT2D eigenvalue weighted by atomic mass is 32.2. The smallest absolute Gasteiger partial charge is 0.264 e. The van der Waals surface area contributed by atoms with Crippen LogP contribution in [0.3, 0.4) is 0 Å². The molecule has 0 amide bonds. The molecule has 174 valence electrons. The monoisotopic (exact) mass is 506 g/mol. The van der Waals surface area contributed by atoms with Crippen molar-refractivity contribution in [3.05, 3.63) is 0 Å². The predicted octanol–water partition coefficient (Wildman–Crippen LogP) is -2.63. The molecule has 0 aromatic carbocycles. The second-order valence-electron chi connectivity index (χ2n) is 6.06. The molecule has 29 heavy (non-hydrogen) atoms. The number of rotatable bonds is 10. The highest BCUT2D eigenvalue weighted by Crippen LogP contribution is 2.31. The Morgan fingerprint density at radius 2 is 1.07 bits per heavy atom. The number of hydrogen-bond acceptors (Lipinski definition) is 14. The van der Waals surface area contributed by atoms with Crippen molar-refractivity contribution in [2.24, 2.45) is 0 Å². The lowest BCUT2D eigenvalue weighted by Crippen LogP contribution is -2.62. The van der Waals surface area contributed by atoms with Crippen LogP contribution in [0.15, 0.2) is 0 Å². The zero-order valence-electron chi connectivity index (χ0n) is 15.9. The van der Waals surface area contributed by atoms with Crippen LogP contribution in [0, 0.1) is 0 Å². The van der Waals surface area contributed by atoms with Crippen LogP contribution in [0.5, 0.6) is 0 Å². The fraction of sp³-hybridized carbons (Fsp3) is 1.00. The maximum atomic E-state index is 11.7. The Bertz CT molecular complexity index is 980. The topological polar surface area (TPSA) is 192 Å². The minimum atomic E-state index is -4.32. The van der Waals surface area contributed by atoms with Crippen molar-refractivity contribution in [3.63, 3.8) is 0 Å². The lowest BCUT2D eigenvalue weighted by Gasteiger charge is -2.43. The quantitative estimate of drug-likeness (QED) is 0.279. The van der Waals surface area contributed by atoms with E-state index in [0.717, 1.165) is 7.11 Å². The standard InChI is InChI=1S/C11H22O14S4/c1-20-11-10(25-29(5,18)19)9(24-28(4,16)17)8(23-27(3,14)15)7(22-11)6-21-26(2,12)13/h7-11H,6H2,1-5H3/t7-,8-,9+,10-,11-/m1/s1. The van der Waals surface area contributed by atoms with Gasteiger partial charge in [-0.3, -0.25) is 16.7 Å². The first-order chi connectivity index (χ1) is 12.8. The van der Waals surface area contributed by atoms with E-state index >= 15 is 0 Å². The van der Waals surface area contributed by atoms with Gasteiger partial charge in [0.15, 0.2) is 12.4 Å². The number of ether oxygens (including phenoxy) is 2. The van der Waals surface area contributed by atoms with Gasteiger partial charge < -0.3 is 9.47 Å². The Hall–Kier alpha value is -0.440. The van der Waals surface area contributed by atoms with Crippen LogP contribution in [0.4, 0.5) is 0 Å². The third-order valence-electron chi connectivity index (χ3n) is 3.13. The molecule has 0 N–H and O–H groups in total. The van der Waals surface area contributed by atoms with Gasteiger partial charge in [-0.1, -0.05) is 0 Å². The molecule has 0 aromatic rings. The van der Waals surface area contributed by atoms with Gasteiger partial charge in [0, 0.05) is 7.11 Å². The van der Waals surface area contributed by atoms with Gasteiger partial charge in [0.25, 0.3) is 40.5 Å². The molecule has 1 saturated heterocycles. The molecule has 14 nitrogen and oxygen atoms in total. The Morgan fingerprint density at radius 3 is 1.45 bits per heavy atom. The zero-order valence-corrected chi connectivity index (χ0v) is 19.2. The maximum absolute atomic E-state index is 11.7. The average Bonchev–Trinajstić information content (AvgIpc) is 2.44. The molecular formula is C11H22O14S4. The fourth-order valence-electron chi connectivity index (χ4n) is 2.33. The van der Waals surface area contributed by atoms with Crippen LogP contribution in [-0.4, -0.2) is 103 Å². The molecule has 0 spiro atoms. The van der Waals surface area contributed by atoms with E-state index in [1.807, 2.05) is 0 Å². The molecule has 0 saturated carbocycles. The van der Waals surface area contributed by atoms with E-state index in [-0.39, 0.29) is 0 Å². The molecule has 0 radical (unpaired) electrons. The predicted molar refractivity (Wildman–Crippen MR) is 95.6 cm³/mol. The summed E-state index contributed by atoms with van der Waals surface area (Å²) in [5.74, 6) is 0. The summed E-state index contributed by atoms with van der Waals surface area (Å²) in [4.78, 5) is 0. The summed E-state index contributed by atoms with van der Waals surface area (Å²) in [6.45, 7) is -0.825. The molecule has 0 unspecified atom stereocenters. The summed E-state index contributed by atoms with van der Waals surface area (Å²) in [6, 6.07) is 0. The molecule has 0 aromatic heterocycles. The van der Waals surface area contributed by atoms with Crippen molar-refractivity contribution in [2.75, 3.05) is 38.7 Å². The van der Waals surface area contributed by atoms with Crippen LogP contribution in [0.25, 0.3) is 0 Å². The van der Waals surface area contributed by atoms with E-state index in [4.69, 9.17) is 22.0 Å². The fourth-order valence-corrected chi connectivity index (χ4v) is 4.57. The summed E-state index contributed by atoms with van der Waals surface area (Å²) in [7, 11) is -15.8. The van der Waals surface area contributed by atoms with Crippen LogP contribution >= 0.6 is 0 Å². The third kappa shape index (κ3) is 9.94. The second kappa shape index (κ2) is 9.37. The van der Waals surface area contributed by atoms with Gasteiger partial charge >= 0.3 is 0 Å². The lowest BCUT2D eigenvalue weighted by atomic mass is 9.99. The summed E-state index contributed by atoms with van der Waals surface area (Å²) in [5.41, 5.74) is 0. The minimum absolute atomic E-state index is 0.612. The first-order valence-electron chi connectivity index (χ1n) is 7.49. The van der Waals surface area contributed by atoms with E-state index < -0.39 is 77.8 Å². The van der Waals surface area contributed by atoms with Crippen molar-refractivity contribution in [2.45, 2.75) is 30.7 Å². The number of methoxy groups -OCH3 is 1. The molecule has 1 aliphatic heterocycles. The second-order valence-corrected chi connectivity index (χ2v) is 12.5. The largest absolute Gasteiger partial charge is 0.353 e. The molecule has 1 heterocycles. The molecule has 0 bridgehead atoms. The van der Waals surface area contributed by atoms with Crippen LogP contribution < -0.4 is 0 Å². The highest BCUT2D eigenvalue weighted by Gasteiger charge is 2.53. The van der Waals surface area contributed by atoms with Gasteiger partial charge in [-0.05, 0) is 0 Å². The minimum Gasteiger partial charge on any atom is -0.353 e.